The van der Waals surface area contributed by atoms with Crippen molar-refractivity contribution in [3.63, 3.8) is 0 Å². The highest BCUT2D eigenvalue weighted by Gasteiger charge is 2.58. The lowest BCUT2D eigenvalue weighted by molar-refractivity contribution is -0.185. The Hall–Kier alpha value is -2.32. The van der Waals surface area contributed by atoms with E-state index in [9.17, 15) is 4.79 Å². The highest BCUT2D eigenvalue weighted by atomic mass is 35.5. The third-order valence-corrected chi connectivity index (χ3v) is 6.55. The molecule has 7 nitrogen and oxygen atoms in total. The number of carbonyl (C=O) groups is 1. The molecule has 2 fully saturated rings. The first kappa shape index (κ1) is 20.6. The Labute approximate surface area is 187 Å². The van der Waals surface area contributed by atoms with Gasteiger partial charge >= 0.3 is 0 Å². The lowest BCUT2D eigenvalue weighted by Crippen LogP contribution is -2.52. The minimum Gasteiger partial charge on any atom is -0.497 e. The van der Waals surface area contributed by atoms with Crippen LogP contribution in [-0.4, -0.2) is 69.4 Å². The van der Waals surface area contributed by atoms with Crippen LogP contribution in [0.2, 0.25) is 0 Å². The van der Waals surface area contributed by atoms with Crippen LogP contribution in [0.25, 0.3) is 0 Å². The molecule has 0 bridgehead atoms. The molecule has 3 aliphatic rings. The fourth-order valence-electron chi connectivity index (χ4n) is 4.51. The summed E-state index contributed by atoms with van der Waals surface area (Å²) in [6.45, 7) is 4.32. The van der Waals surface area contributed by atoms with E-state index in [1.165, 1.54) is 5.69 Å². The molecule has 8 heteroatoms. The lowest BCUT2D eigenvalue weighted by atomic mass is 10.1. The van der Waals surface area contributed by atoms with Crippen LogP contribution >= 0.6 is 11.6 Å². The van der Waals surface area contributed by atoms with E-state index in [0.29, 0.717) is 19.2 Å². The van der Waals surface area contributed by atoms with Gasteiger partial charge in [-0.1, -0.05) is 18.2 Å². The summed E-state index contributed by atoms with van der Waals surface area (Å²) >= 11 is 5.97. The van der Waals surface area contributed by atoms with Gasteiger partial charge in [-0.25, -0.2) is 0 Å². The van der Waals surface area contributed by atoms with Gasteiger partial charge < -0.3 is 19.1 Å². The Bertz CT molecular complexity index is 948. The normalized spacial score (nSPS) is 26.0. The van der Waals surface area contributed by atoms with E-state index >= 15 is 0 Å². The van der Waals surface area contributed by atoms with Crippen LogP contribution in [0.3, 0.4) is 0 Å². The number of hydrogen-bond donors (Lipinski definition) is 0. The summed E-state index contributed by atoms with van der Waals surface area (Å²) in [5.41, 5.74) is 2.80. The molecule has 2 saturated heterocycles. The largest absolute Gasteiger partial charge is 0.497 e. The van der Waals surface area contributed by atoms with Crippen LogP contribution in [0.15, 0.2) is 48.5 Å². The molecule has 0 saturated carbocycles. The first-order chi connectivity index (χ1) is 15.1. The zero-order chi connectivity index (χ0) is 21.4. The van der Waals surface area contributed by atoms with Crippen molar-refractivity contribution in [1.29, 1.82) is 0 Å². The van der Waals surface area contributed by atoms with E-state index < -0.39 is 5.79 Å². The van der Waals surface area contributed by atoms with E-state index in [4.69, 9.17) is 25.8 Å². The zero-order valence-corrected chi connectivity index (χ0v) is 18.3. The topological polar surface area (TPSA) is 54.5 Å². The van der Waals surface area contributed by atoms with Crippen molar-refractivity contribution < 1.29 is 19.0 Å². The quantitative estimate of drug-likeness (QED) is 0.662. The number of benzene rings is 2. The number of fused-ring (bicyclic) bond motifs is 2. The molecule has 2 atom stereocenters. The van der Waals surface area contributed by atoms with Crippen molar-refractivity contribution >= 4 is 28.9 Å². The molecule has 2 aromatic carbocycles. The molecule has 164 valence electrons. The first-order valence-corrected chi connectivity index (χ1v) is 11.1. The van der Waals surface area contributed by atoms with Crippen molar-refractivity contribution in [1.82, 2.24) is 4.90 Å². The number of anilines is 2. The first-order valence-electron chi connectivity index (χ1n) is 10.5. The van der Waals surface area contributed by atoms with Gasteiger partial charge in [0.1, 0.15) is 5.75 Å². The van der Waals surface area contributed by atoms with Crippen LogP contribution in [-0.2, 0) is 20.1 Å². The Balaban J connectivity index is 1.28. The summed E-state index contributed by atoms with van der Waals surface area (Å²) in [6, 6.07) is 15.8. The number of hydrogen-bond acceptors (Lipinski definition) is 6. The van der Waals surface area contributed by atoms with E-state index in [2.05, 4.69) is 21.9 Å². The molecule has 1 amide bonds. The molecular weight excluding hydrogens is 418 g/mol. The molecule has 2 aromatic rings. The number of ether oxygens (including phenoxy) is 3. The number of halogens is 1. The van der Waals surface area contributed by atoms with Crippen LogP contribution in [0, 0.1) is 0 Å². The number of methoxy groups -OCH3 is 1. The predicted octanol–water partition coefficient (Wildman–Crippen LogP) is 2.63. The number of alkyl halides is 1. The number of rotatable bonds is 5. The molecule has 3 heterocycles. The van der Waals surface area contributed by atoms with Gasteiger partial charge in [-0.2, -0.15) is 0 Å². The highest BCUT2D eigenvalue weighted by molar-refractivity contribution is 6.18. The van der Waals surface area contributed by atoms with Crippen LogP contribution < -0.4 is 14.5 Å². The fraction of sp³-hybridized carbons (Fsp3) is 0.435. The van der Waals surface area contributed by atoms with Crippen LogP contribution in [0.1, 0.15) is 5.56 Å². The van der Waals surface area contributed by atoms with E-state index in [0.717, 1.165) is 43.2 Å². The third-order valence-electron chi connectivity index (χ3n) is 6.20. The van der Waals surface area contributed by atoms with Gasteiger partial charge in [0.05, 0.1) is 38.1 Å². The minimum atomic E-state index is -1.36. The Morgan fingerprint density at radius 3 is 2.52 bits per heavy atom. The standard InChI is InChI=1S/C23H26ClN3O4/c1-29-18-8-6-17(7-9-18)26-12-10-25(11-13-26)16-27-21-5-3-2-4-20(21)23(22(27)28)30-15-19(14-24)31-23/h2-9,19H,10-16H2,1H3/t19-,23-/m0/s1. The average molecular weight is 444 g/mol. The molecule has 3 aliphatic heterocycles. The Morgan fingerprint density at radius 2 is 1.84 bits per heavy atom. The van der Waals surface area contributed by atoms with E-state index in [1.807, 2.05) is 36.4 Å². The summed E-state index contributed by atoms with van der Waals surface area (Å²) in [7, 11) is 1.67. The molecule has 0 N–H and O–H groups in total. The predicted molar refractivity (Wildman–Crippen MR) is 119 cm³/mol. The van der Waals surface area contributed by atoms with E-state index in [-0.39, 0.29) is 12.0 Å². The second kappa shape index (κ2) is 8.31. The number of carbonyl (C=O) groups excluding carboxylic acids is 1. The van der Waals surface area contributed by atoms with Crippen molar-refractivity contribution in [2.24, 2.45) is 0 Å². The minimum absolute atomic E-state index is 0.168. The molecule has 1 spiro atoms. The van der Waals surface area contributed by atoms with Gasteiger partial charge in [0.15, 0.2) is 0 Å². The Morgan fingerprint density at radius 1 is 1.10 bits per heavy atom. The molecular formula is C23H26ClN3O4. The molecule has 5 rings (SSSR count). The van der Waals surface area contributed by atoms with Gasteiger partial charge in [-0.05, 0) is 30.3 Å². The fourth-order valence-corrected chi connectivity index (χ4v) is 4.67. The van der Waals surface area contributed by atoms with Crippen molar-refractivity contribution in [3.8, 4) is 5.75 Å². The maximum Gasteiger partial charge on any atom is 0.293 e. The average Bonchev–Trinajstić information content (AvgIpc) is 3.36. The molecule has 0 unspecified atom stereocenters. The van der Waals surface area contributed by atoms with Crippen LogP contribution in [0.4, 0.5) is 11.4 Å². The van der Waals surface area contributed by atoms with E-state index in [1.54, 1.807) is 12.0 Å². The second-order valence-electron chi connectivity index (χ2n) is 8.02. The maximum atomic E-state index is 13.5. The van der Waals surface area contributed by atoms with Gasteiger partial charge in [-0.15, -0.1) is 11.6 Å². The number of piperazine rings is 1. The summed E-state index contributed by atoms with van der Waals surface area (Å²) in [4.78, 5) is 19.9. The molecule has 0 aliphatic carbocycles. The summed E-state index contributed by atoms with van der Waals surface area (Å²) in [6.07, 6.45) is -0.285. The van der Waals surface area contributed by atoms with Crippen molar-refractivity contribution in [3.05, 3.63) is 54.1 Å². The monoisotopic (exact) mass is 443 g/mol. The second-order valence-corrected chi connectivity index (χ2v) is 8.33. The highest BCUT2D eigenvalue weighted by Crippen LogP contribution is 2.47. The summed E-state index contributed by atoms with van der Waals surface area (Å²) < 4.78 is 17.2. The van der Waals surface area contributed by atoms with Gasteiger partial charge in [0.25, 0.3) is 11.7 Å². The molecule has 0 radical (unpaired) electrons. The zero-order valence-electron chi connectivity index (χ0n) is 17.5. The Kier molecular flexibility index (Phi) is 5.52. The lowest BCUT2D eigenvalue weighted by Gasteiger charge is -2.38. The number of amides is 1. The SMILES string of the molecule is COc1ccc(N2CCN(CN3C(=O)[C@]4(OC[C@H](CCl)O4)c4ccccc43)CC2)cc1. The third kappa shape index (κ3) is 3.55. The van der Waals surface area contributed by atoms with Gasteiger partial charge in [-0.3, -0.25) is 14.6 Å². The summed E-state index contributed by atoms with van der Waals surface area (Å²) in [5, 5.41) is 0. The van der Waals surface area contributed by atoms with Crippen LogP contribution in [0.5, 0.6) is 5.75 Å². The van der Waals surface area contributed by atoms with Crippen molar-refractivity contribution in [2.75, 3.05) is 62.2 Å². The van der Waals surface area contributed by atoms with Gasteiger partial charge in [0.2, 0.25) is 0 Å². The maximum absolute atomic E-state index is 13.5. The number of para-hydroxylation sites is 1. The van der Waals surface area contributed by atoms with Crippen molar-refractivity contribution in [2.45, 2.75) is 11.9 Å². The summed E-state index contributed by atoms with van der Waals surface area (Å²) in [5.74, 6) is -0.375. The number of nitrogens with zero attached hydrogens (tertiary/aromatic N) is 3. The smallest absolute Gasteiger partial charge is 0.293 e. The molecule has 31 heavy (non-hydrogen) atoms. The molecule has 0 aromatic heterocycles. The van der Waals surface area contributed by atoms with Gasteiger partial charge in [0, 0.05) is 37.4 Å².